The number of rotatable bonds is 2. The molecule has 0 heterocycles. The van der Waals surface area contributed by atoms with Gasteiger partial charge in [-0.25, -0.2) is 0 Å². The van der Waals surface area contributed by atoms with E-state index in [0.717, 1.165) is 0 Å². The molecule has 0 bridgehead atoms. The highest BCUT2D eigenvalue weighted by Gasteiger charge is 2.48. The van der Waals surface area contributed by atoms with Crippen LogP contribution in [0.15, 0.2) is 12.2 Å². The second-order valence-corrected chi connectivity index (χ2v) is 4.74. The molecule has 1 N–H and O–H groups in total. The van der Waals surface area contributed by atoms with Crippen molar-refractivity contribution in [2.24, 2.45) is 5.41 Å². The molecule has 1 rings (SSSR count). The molecular formula is C13H20O5. The molecule has 1 fully saturated rings. The number of esters is 2. The lowest BCUT2D eigenvalue weighted by Crippen LogP contribution is -2.42. The highest BCUT2D eigenvalue weighted by molar-refractivity contribution is 6.00. The summed E-state index contributed by atoms with van der Waals surface area (Å²) in [4.78, 5) is 23.9. The molecule has 0 aromatic rings. The lowest BCUT2D eigenvalue weighted by molar-refractivity contribution is -0.170. The van der Waals surface area contributed by atoms with Gasteiger partial charge in [0, 0.05) is 0 Å². The fourth-order valence-electron chi connectivity index (χ4n) is 2.48. The molecule has 18 heavy (non-hydrogen) atoms. The van der Waals surface area contributed by atoms with Crippen molar-refractivity contribution in [2.45, 2.75) is 38.2 Å². The maximum Gasteiger partial charge on any atom is 0.323 e. The van der Waals surface area contributed by atoms with Crippen LogP contribution in [-0.2, 0) is 19.1 Å². The van der Waals surface area contributed by atoms with Crippen molar-refractivity contribution in [3.8, 4) is 0 Å². The Hall–Kier alpha value is -1.36. The summed E-state index contributed by atoms with van der Waals surface area (Å²) in [5.41, 5.74) is -0.640. The predicted octanol–water partition coefficient (Wildman–Crippen LogP) is 1.20. The van der Waals surface area contributed by atoms with E-state index in [-0.39, 0.29) is 6.42 Å². The fraction of sp³-hybridized carbons (Fsp3) is 0.692. The molecule has 1 unspecified atom stereocenters. The van der Waals surface area contributed by atoms with Gasteiger partial charge < -0.3 is 14.6 Å². The minimum absolute atomic E-state index is 0.170. The van der Waals surface area contributed by atoms with Crippen LogP contribution >= 0.6 is 0 Å². The van der Waals surface area contributed by atoms with Crippen LogP contribution in [0.5, 0.6) is 0 Å². The summed E-state index contributed by atoms with van der Waals surface area (Å²) in [6.07, 6.45) is 1.53. The zero-order chi connectivity index (χ0) is 13.8. The molecule has 0 amide bonds. The first kappa shape index (κ1) is 14.7. The number of aliphatic hydroxyl groups is 1. The minimum Gasteiger partial charge on any atom is -0.468 e. The first-order chi connectivity index (χ1) is 8.46. The molecule has 5 heteroatoms. The average molecular weight is 256 g/mol. The van der Waals surface area contributed by atoms with Crippen LogP contribution in [0, 0.1) is 5.41 Å². The zero-order valence-corrected chi connectivity index (χ0v) is 10.9. The molecule has 0 spiro atoms. The van der Waals surface area contributed by atoms with Gasteiger partial charge >= 0.3 is 11.9 Å². The second kappa shape index (κ2) is 6.00. The monoisotopic (exact) mass is 256 g/mol. The fourth-order valence-corrected chi connectivity index (χ4v) is 2.48. The minimum atomic E-state index is -1.30. The number of ether oxygens (including phenoxy) is 2. The zero-order valence-electron chi connectivity index (χ0n) is 10.9. The van der Waals surface area contributed by atoms with Crippen molar-refractivity contribution in [2.75, 3.05) is 14.2 Å². The van der Waals surface area contributed by atoms with Crippen molar-refractivity contribution < 1.29 is 24.2 Å². The maximum atomic E-state index is 12.0. The van der Waals surface area contributed by atoms with Crippen LogP contribution in [0.3, 0.4) is 0 Å². The van der Waals surface area contributed by atoms with E-state index in [4.69, 9.17) is 9.47 Å². The highest BCUT2D eigenvalue weighted by Crippen LogP contribution is 2.38. The van der Waals surface area contributed by atoms with Gasteiger partial charge in [0.2, 0.25) is 0 Å². The van der Waals surface area contributed by atoms with Crippen LogP contribution in [0.2, 0.25) is 0 Å². The average Bonchev–Trinajstić information content (AvgIpc) is 2.33. The summed E-state index contributed by atoms with van der Waals surface area (Å²) in [5.74, 6) is -1.18. The Bertz CT molecular complexity index is 331. The summed E-state index contributed by atoms with van der Waals surface area (Å²) in [6, 6.07) is 0. The standard InChI is InChI=1S/C13H20O5/c1-9-7-10(14)5-4-6-13(8-9,11(15)17-2)12(16)18-3/h10,14H,1,4-8H2,2-3H3. The Morgan fingerprint density at radius 3 is 2.39 bits per heavy atom. The predicted molar refractivity (Wildman–Crippen MR) is 64.7 cm³/mol. The topological polar surface area (TPSA) is 72.8 Å². The first-order valence-corrected chi connectivity index (χ1v) is 5.98. The quantitative estimate of drug-likeness (QED) is 0.456. The van der Waals surface area contributed by atoms with Gasteiger partial charge in [-0.1, -0.05) is 12.2 Å². The van der Waals surface area contributed by atoms with Crippen molar-refractivity contribution in [1.29, 1.82) is 0 Å². The third kappa shape index (κ3) is 2.90. The summed E-state index contributed by atoms with van der Waals surface area (Å²) >= 11 is 0. The maximum absolute atomic E-state index is 12.0. The summed E-state index contributed by atoms with van der Waals surface area (Å²) in [5, 5.41) is 9.65. The third-order valence-electron chi connectivity index (χ3n) is 3.37. The molecule has 5 nitrogen and oxygen atoms in total. The van der Waals surface area contributed by atoms with Gasteiger partial charge in [-0.2, -0.15) is 0 Å². The molecular weight excluding hydrogens is 236 g/mol. The molecule has 0 radical (unpaired) electrons. The molecule has 0 aromatic heterocycles. The van der Waals surface area contributed by atoms with Crippen LogP contribution in [-0.4, -0.2) is 37.4 Å². The largest absolute Gasteiger partial charge is 0.468 e. The van der Waals surface area contributed by atoms with Crippen LogP contribution in [0.25, 0.3) is 0 Å². The Labute approximate surface area is 107 Å². The highest BCUT2D eigenvalue weighted by atomic mass is 16.5. The summed E-state index contributed by atoms with van der Waals surface area (Å²) in [6.45, 7) is 3.82. The van der Waals surface area contributed by atoms with Crippen molar-refractivity contribution >= 4 is 11.9 Å². The van der Waals surface area contributed by atoms with Crippen molar-refractivity contribution in [1.82, 2.24) is 0 Å². The number of carbonyl (C=O) groups excluding carboxylic acids is 2. The van der Waals surface area contributed by atoms with Gasteiger partial charge in [-0.15, -0.1) is 0 Å². The Balaban J connectivity index is 3.04. The normalized spacial score (nSPS) is 23.7. The van der Waals surface area contributed by atoms with Gasteiger partial charge in [0.15, 0.2) is 5.41 Å². The van der Waals surface area contributed by atoms with Gasteiger partial charge in [-0.3, -0.25) is 9.59 Å². The van der Waals surface area contributed by atoms with Crippen LogP contribution in [0.4, 0.5) is 0 Å². The van der Waals surface area contributed by atoms with E-state index in [0.29, 0.717) is 31.3 Å². The smallest absolute Gasteiger partial charge is 0.323 e. The van der Waals surface area contributed by atoms with E-state index in [2.05, 4.69) is 6.58 Å². The second-order valence-electron chi connectivity index (χ2n) is 4.74. The van der Waals surface area contributed by atoms with E-state index >= 15 is 0 Å². The van der Waals surface area contributed by atoms with Gasteiger partial charge in [0.25, 0.3) is 0 Å². The van der Waals surface area contributed by atoms with Gasteiger partial charge in [-0.05, 0) is 32.1 Å². The van der Waals surface area contributed by atoms with Gasteiger partial charge in [0.1, 0.15) is 0 Å². The number of methoxy groups -OCH3 is 2. The lowest BCUT2D eigenvalue weighted by atomic mass is 9.74. The molecule has 1 aliphatic rings. The Morgan fingerprint density at radius 2 is 1.89 bits per heavy atom. The Morgan fingerprint density at radius 1 is 1.33 bits per heavy atom. The first-order valence-electron chi connectivity index (χ1n) is 5.98. The summed E-state index contributed by atoms with van der Waals surface area (Å²) in [7, 11) is 2.51. The van der Waals surface area contributed by atoms with E-state index < -0.39 is 23.5 Å². The molecule has 0 aliphatic heterocycles. The molecule has 0 aromatic carbocycles. The molecule has 1 atom stereocenters. The number of hydrogen-bond acceptors (Lipinski definition) is 5. The van der Waals surface area contributed by atoms with E-state index in [9.17, 15) is 14.7 Å². The van der Waals surface area contributed by atoms with Crippen molar-refractivity contribution in [3.63, 3.8) is 0 Å². The van der Waals surface area contributed by atoms with Gasteiger partial charge in [0.05, 0.1) is 20.3 Å². The van der Waals surface area contributed by atoms with Crippen LogP contribution in [0.1, 0.15) is 32.1 Å². The molecule has 102 valence electrons. The van der Waals surface area contributed by atoms with E-state index in [1.807, 2.05) is 0 Å². The molecule has 1 saturated carbocycles. The number of hydrogen-bond donors (Lipinski definition) is 1. The number of aliphatic hydroxyl groups excluding tert-OH is 1. The Kier molecular flexibility index (Phi) is 4.90. The lowest BCUT2D eigenvalue weighted by Gasteiger charge is -2.31. The molecule has 1 aliphatic carbocycles. The third-order valence-corrected chi connectivity index (χ3v) is 3.37. The van der Waals surface area contributed by atoms with E-state index in [1.165, 1.54) is 14.2 Å². The SMILES string of the molecule is C=C1CC(O)CCCC(C(=O)OC)(C(=O)OC)C1. The number of carbonyl (C=O) groups is 2. The van der Waals surface area contributed by atoms with Crippen LogP contribution < -0.4 is 0 Å². The van der Waals surface area contributed by atoms with E-state index in [1.54, 1.807) is 0 Å². The van der Waals surface area contributed by atoms with Crippen molar-refractivity contribution in [3.05, 3.63) is 12.2 Å². The summed E-state index contributed by atoms with van der Waals surface area (Å²) < 4.78 is 9.49. The molecule has 0 saturated heterocycles.